The molecule has 0 atom stereocenters. The van der Waals surface area contributed by atoms with Crippen LogP contribution in [0.1, 0.15) is 26.7 Å². The Morgan fingerprint density at radius 1 is 1.29 bits per heavy atom. The number of nitrogens with zero attached hydrogens (tertiary/aromatic N) is 1. The van der Waals surface area contributed by atoms with E-state index in [1.54, 1.807) is 11.0 Å². The average molecular weight is 338 g/mol. The molecule has 2 heterocycles. The van der Waals surface area contributed by atoms with Gasteiger partial charge in [-0.05, 0) is 26.0 Å². The van der Waals surface area contributed by atoms with Crippen LogP contribution in [-0.4, -0.2) is 49.1 Å². The fourth-order valence-corrected chi connectivity index (χ4v) is 2.97. The fraction of sp³-hybridized carbons (Fsp3) is 0.588. The SMILES string of the molecule is CC(C)Oc1ccc(NC(=O)N2CCC3(CC2)OCCO3)c(F)c1. The maximum atomic E-state index is 14.1. The molecule has 1 aromatic carbocycles. The highest BCUT2D eigenvalue weighted by Crippen LogP contribution is 2.31. The maximum absolute atomic E-state index is 14.1. The normalized spacial score (nSPS) is 19.8. The Bertz CT molecular complexity index is 592. The number of piperidine rings is 1. The number of likely N-dealkylation sites (tertiary alicyclic amines) is 1. The van der Waals surface area contributed by atoms with Crippen LogP contribution in [0.15, 0.2) is 18.2 Å². The number of urea groups is 1. The van der Waals surface area contributed by atoms with Gasteiger partial charge in [0.25, 0.3) is 0 Å². The predicted octanol–water partition coefficient (Wildman–Crippen LogP) is 2.98. The third kappa shape index (κ3) is 3.79. The zero-order chi connectivity index (χ0) is 17.2. The summed E-state index contributed by atoms with van der Waals surface area (Å²) in [4.78, 5) is 14.0. The second-order valence-corrected chi connectivity index (χ2v) is 6.33. The highest BCUT2D eigenvalue weighted by Gasteiger charge is 2.40. The van der Waals surface area contributed by atoms with Gasteiger partial charge < -0.3 is 24.4 Å². The van der Waals surface area contributed by atoms with Gasteiger partial charge in [-0.1, -0.05) is 0 Å². The van der Waals surface area contributed by atoms with Gasteiger partial charge in [0.1, 0.15) is 11.6 Å². The number of carbonyl (C=O) groups is 1. The molecular weight excluding hydrogens is 315 g/mol. The number of amides is 2. The van der Waals surface area contributed by atoms with E-state index >= 15 is 0 Å². The molecule has 0 radical (unpaired) electrons. The number of carbonyl (C=O) groups excluding carboxylic acids is 1. The maximum Gasteiger partial charge on any atom is 0.321 e. The van der Waals surface area contributed by atoms with E-state index in [-0.39, 0.29) is 17.8 Å². The van der Waals surface area contributed by atoms with Gasteiger partial charge in [0.15, 0.2) is 5.79 Å². The first-order chi connectivity index (χ1) is 11.5. The molecule has 24 heavy (non-hydrogen) atoms. The van der Waals surface area contributed by atoms with Crippen molar-refractivity contribution in [1.82, 2.24) is 4.90 Å². The third-order valence-corrected chi connectivity index (χ3v) is 4.18. The molecular formula is C17H23FN2O4. The van der Waals surface area contributed by atoms with Crippen LogP contribution in [0.4, 0.5) is 14.9 Å². The van der Waals surface area contributed by atoms with Crippen molar-refractivity contribution in [3.63, 3.8) is 0 Å². The second kappa shape index (κ2) is 6.94. The number of benzene rings is 1. The largest absolute Gasteiger partial charge is 0.491 e. The summed E-state index contributed by atoms with van der Waals surface area (Å²) >= 11 is 0. The van der Waals surface area contributed by atoms with Gasteiger partial charge in [0.05, 0.1) is 25.0 Å². The number of nitrogens with one attached hydrogen (secondary N) is 1. The van der Waals surface area contributed by atoms with E-state index in [0.29, 0.717) is 44.9 Å². The Labute approximate surface area is 140 Å². The molecule has 3 rings (SSSR count). The average Bonchev–Trinajstić information content (AvgIpc) is 2.98. The van der Waals surface area contributed by atoms with Gasteiger partial charge in [-0.2, -0.15) is 0 Å². The molecule has 0 aliphatic carbocycles. The molecule has 0 aromatic heterocycles. The number of anilines is 1. The van der Waals surface area contributed by atoms with Crippen LogP contribution < -0.4 is 10.1 Å². The molecule has 2 fully saturated rings. The lowest BCUT2D eigenvalue weighted by Gasteiger charge is -2.37. The van der Waals surface area contributed by atoms with E-state index in [9.17, 15) is 9.18 Å². The van der Waals surface area contributed by atoms with Crippen LogP contribution in [0.3, 0.4) is 0 Å². The van der Waals surface area contributed by atoms with Crippen LogP contribution >= 0.6 is 0 Å². The molecule has 6 nitrogen and oxygen atoms in total. The lowest BCUT2D eigenvalue weighted by atomic mass is 10.0. The van der Waals surface area contributed by atoms with Crippen LogP contribution in [0.5, 0.6) is 5.75 Å². The molecule has 0 saturated carbocycles. The molecule has 1 aromatic rings. The van der Waals surface area contributed by atoms with Crippen molar-refractivity contribution in [3.8, 4) is 5.75 Å². The van der Waals surface area contributed by atoms with Crippen LogP contribution in [0.2, 0.25) is 0 Å². The van der Waals surface area contributed by atoms with Crippen LogP contribution in [-0.2, 0) is 9.47 Å². The lowest BCUT2D eigenvalue weighted by Crippen LogP contribution is -2.48. The summed E-state index contributed by atoms with van der Waals surface area (Å²) < 4.78 is 30.8. The van der Waals surface area contributed by atoms with Gasteiger partial charge in [0.2, 0.25) is 0 Å². The van der Waals surface area contributed by atoms with E-state index in [0.717, 1.165) is 0 Å². The smallest absolute Gasteiger partial charge is 0.321 e. The van der Waals surface area contributed by atoms with Crippen molar-refractivity contribution in [2.75, 3.05) is 31.6 Å². The Balaban J connectivity index is 1.57. The third-order valence-electron chi connectivity index (χ3n) is 4.18. The zero-order valence-electron chi connectivity index (χ0n) is 14.0. The Kier molecular flexibility index (Phi) is 4.91. The van der Waals surface area contributed by atoms with Gasteiger partial charge in [-0.3, -0.25) is 0 Å². The molecule has 2 saturated heterocycles. The number of hydrogen-bond acceptors (Lipinski definition) is 4. The second-order valence-electron chi connectivity index (χ2n) is 6.33. The van der Waals surface area contributed by atoms with Crippen LogP contribution in [0.25, 0.3) is 0 Å². The molecule has 7 heteroatoms. The first-order valence-corrected chi connectivity index (χ1v) is 8.27. The molecule has 1 spiro atoms. The van der Waals surface area contributed by atoms with Crippen molar-refractivity contribution >= 4 is 11.7 Å². The summed E-state index contributed by atoms with van der Waals surface area (Å²) in [5.41, 5.74) is 0.143. The quantitative estimate of drug-likeness (QED) is 0.920. The van der Waals surface area contributed by atoms with Crippen molar-refractivity contribution in [2.24, 2.45) is 0 Å². The van der Waals surface area contributed by atoms with Crippen molar-refractivity contribution in [1.29, 1.82) is 0 Å². The van der Waals surface area contributed by atoms with E-state index in [1.807, 2.05) is 13.8 Å². The van der Waals surface area contributed by atoms with Gasteiger partial charge in [-0.25, -0.2) is 9.18 Å². The summed E-state index contributed by atoms with van der Waals surface area (Å²) in [5.74, 6) is -0.605. The molecule has 0 bridgehead atoms. The summed E-state index contributed by atoms with van der Waals surface area (Å²) in [6.45, 7) is 5.97. The Morgan fingerprint density at radius 2 is 1.96 bits per heavy atom. The Hall–Kier alpha value is -1.86. The molecule has 2 aliphatic rings. The highest BCUT2D eigenvalue weighted by molar-refractivity contribution is 5.89. The van der Waals surface area contributed by atoms with Crippen LogP contribution in [0, 0.1) is 5.82 Å². The van der Waals surface area contributed by atoms with E-state index in [4.69, 9.17) is 14.2 Å². The monoisotopic (exact) mass is 338 g/mol. The van der Waals surface area contributed by atoms with Crippen molar-refractivity contribution in [2.45, 2.75) is 38.6 Å². The highest BCUT2D eigenvalue weighted by atomic mass is 19.1. The molecule has 2 amide bonds. The topological polar surface area (TPSA) is 60.0 Å². The lowest BCUT2D eigenvalue weighted by molar-refractivity contribution is -0.181. The molecule has 2 aliphatic heterocycles. The standard InChI is InChI=1S/C17H23FN2O4/c1-12(2)24-13-3-4-15(14(18)11-13)19-16(21)20-7-5-17(6-8-20)22-9-10-23-17/h3-4,11-12H,5-10H2,1-2H3,(H,19,21). The Morgan fingerprint density at radius 3 is 2.54 bits per heavy atom. The van der Waals surface area contributed by atoms with Crippen molar-refractivity contribution < 1.29 is 23.4 Å². The number of ether oxygens (including phenoxy) is 3. The molecule has 132 valence electrons. The molecule has 1 N–H and O–H groups in total. The number of halogens is 1. The summed E-state index contributed by atoms with van der Waals surface area (Å²) in [6, 6.07) is 4.12. The van der Waals surface area contributed by atoms with E-state index in [1.165, 1.54) is 12.1 Å². The minimum atomic E-state index is -0.530. The van der Waals surface area contributed by atoms with Gasteiger partial charge in [-0.15, -0.1) is 0 Å². The molecule has 0 unspecified atom stereocenters. The number of hydrogen-bond donors (Lipinski definition) is 1. The summed E-state index contributed by atoms with van der Waals surface area (Å²) in [5, 5.41) is 2.61. The van der Waals surface area contributed by atoms with E-state index < -0.39 is 11.6 Å². The van der Waals surface area contributed by atoms with Gasteiger partial charge in [0, 0.05) is 32.0 Å². The minimum absolute atomic E-state index is 0.0365. The predicted molar refractivity (Wildman–Crippen MR) is 86.6 cm³/mol. The first-order valence-electron chi connectivity index (χ1n) is 8.27. The van der Waals surface area contributed by atoms with Gasteiger partial charge >= 0.3 is 6.03 Å². The zero-order valence-corrected chi connectivity index (χ0v) is 14.0. The minimum Gasteiger partial charge on any atom is -0.491 e. The fourth-order valence-electron chi connectivity index (χ4n) is 2.97. The summed E-state index contributed by atoms with van der Waals surface area (Å²) in [7, 11) is 0. The van der Waals surface area contributed by atoms with Crippen molar-refractivity contribution in [3.05, 3.63) is 24.0 Å². The first kappa shape index (κ1) is 17.0. The summed E-state index contributed by atoms with van der Waals surface area (Å²) in [6.07, 6.45) is 1.22. The number of rotatable bonds is 3. The van der Waals surface area contributed by atoms with E-state index in [2.05, 4.69) is 5.32 Å².